The summed E-state index contributed by atoms with van der Waals surface area (Å²) in [5.41, 5.74) is 0.0893. The number of pyridine rings is 1. The molecule has 0 aliphatic heterocycles. The fraction of sp³-hybridized carbons (Fsp3) is 0. The first kappa shape index (κ1) is 12.7. The topological polar surface area (TPSA) is 59.4 Å². The Labute approximate surface area is 113 Å². The number of nitrogens with zero attached hydrogens (tertiary/aromatic N) is 1. The average molecular weight is 284 g/mol. The van der Waals surface area contributed by atoms with Gasteiger partial charge in [-0.2, -0.15) is 0 Å². The van der Waals surface area contributed by atoms with E-state index in [0.717, 1.165) is 0 Å². The van der Waals surface area contributed by atoms with Crippen LogP contribution in [0.4, 0.5) is 0 Å². The summed E-state index contributed by atoms with van der Waals surface area (Å²) < 4.78 is 5.40. The molecule has 6 heteroatoms. The molecule has 0 unspecified atom stereocenters. The Balaban J connectivity index is 2.20. The molecule has 0 atom stereocenters. The molecule has 1 N–H and O–H groups in total. The second kappa shape index (κ2) is 5.25. The smallest absolute Gasteiger partial charge is 0.337 e. The van der Waals surface area contributed by atoms with E-state index in [1.165, 1.54) is 18.3 Å². The van der Waals surface area contributed by atoms with Gasteiger partial charge in [-0.05, 0) is 24.3 Å². The van der Waals surface area contributed by atoms with Gasteiger partial charge in [-0.25, -0.2) is 9.78 Å². The maximum absolute atomic E-state index is 10.6. The molecule has 1 heterocycles. The monoisotopic (exact) mass is 283 g/mol. The maximum Gasteiger partial charge on any atom is 0.337 e. The number of ether oxygens (including phenoxy) is 1. The first-order valence-corrected chi connectivity index (χ1v) is 5.63. The van der Waals surface area contributed by atoms with Crippen LogP contribution in [-0.4, -0.2) is 16.1 Å². The molecule has 0 spiro atoms. The number of rotatable bonds is 3. The highest BCUT2D eigenvalue weighted by atomic mass is 35.5. The molecule has 0 bridgehead atoms. The lowest BCUT2D eigenvalue weighted by Crippen LogP contribution is -1.97. The minimum atomic E-state index is -1.04. The third-order valence-corrected chi connectivity index (χ3v) is 2.48. The van der Waals surface area contributed by atoms with E-state index in [9.17, 15) is 4.79 Å². The Bertz CT molecular complexity index is 564. The van der Waals surface area contributed by atoms with Crippen LogP contribution in [-0.2, 0) is 0 Å². The van der Waals surface area contributed by atoms with Gasteiger partial charge < -0.3 is 9.84 Å². The number of halogens is 2. The van der Waals surface area contributed by atoms with Crippen molar-refractivity contribution < 1.29 is 14.6 Å². The van der Waals surface area contributed by atoms with Gasteiger partial charge in [0.1, 0.15) is 5.75 Å². The van der Waals surface area contributed by atoms with E-state index in [1.807, 2.05) is 0 Å². The summed E-state index contributed by atoms with van der Waals surface area (Å²) in [6.07, 6.45) is 1.21. The largest absolute Gasteiger partial charge is 0.478 e. The Morgan fingerprint density at radius 2 is 1.83 bits per heavy atom. The summed E-state index contributed by atoms with van der Waals surface area (Å²) in [6, 6.07) is 7.60. The molecular weight excluding hydrogens is 277 g/mol. The molecule has 0 radical (unpaired) electrons. The molecule has 0 aliphatic rings. The van der Waals surface area contributed by atoms with Crippen LogP contribution < -0.4 is 4.74 Å². The Kier molecular flexibility index (Phi) is 3.69. The van der Waals surface area contributed by atoms with Gasteiger partial charge in [0.25, 0.3) is 0 Å². The highest BCUT2D eigenvalue weighted by Crippen LogP contribution is 2.27. The fourth-order valence-corrected chi connectivity index (χ4v) is 1.78. The highest BCUT2D eigenvalue weighted by molar-refractivity contribution is 6.34. The van der Waals surface area contributed by atoms with Crippen LogP contribution in [0.2, 0.25) is 10.0 Å². The van der Waals surface area contributed by atoms with Gasteiger partial charge in [0.05, 0.1) is 5.56 Å². The number of carbonyl (C=O) groups is 1. The number of benzene rings is 1. The number of aromatic nitrogens is 1. The van der Waals surface area contributed by atoms with Gasteiger partial charge >= 0.3 is 5.97 Å². The Morgan fingerprint density at radius 1 is 1.17 bits per heavy atom. The normalized spacial score (nSPS) is 10.1. The minimum Gasteiger partial charge on any atom is -0.478 e. The van der Waals surface area contributed by atoms with Gasteiger partial charge in [-0.1, -0.05) is 23.2 Å². The second-order valence-corrected chi connectivity index (χ2v) is 4.27. The van der Waals surface area contributed by atoms with Crippen molar-refractivity contribution in [3.05, 3.63) is 52.1 Å². The maximum atomic E-state index is 10.6. The lowest BCUT2D eigenvalue weighted by molar-refractivity contribution is 0.0696. The van der Waals surface area contributed by atoms with Crippen molar-refractivity contribution in [2.45, 2.75) is 0 Å². The van der Waals surface area contributed by atoms with Crippen molar-refractivity contribution in [1.82, 2.24) is 4.98 Å². The van der Waals surface area contributed by atoms with Gasteiger partial charge in [-0.15, -0.1) is 0 Å². The minimum absolute atomic E-state index is 0.0893. The zero-order chi connectivity index (χ0) is 13.1. The van der Waals surface area contributed by atoms with E-state index >= 15 is 0 Å². The zero-order valence-corrected chi connectivity index (χ0v) is 10.4. The number of hydrogen-bond acceptors (Lipinski definition) is 3. The van der Waals surface area contributed by atoms with Crippen LogP contribution in [0.15, 0.2) is 36.5 Å². The molecule has 2 rings (SSSR count). The summed E-state index contributed by atoms with van der Waals surface area (Å²) in [6.45, 7) is 0. The van der Waals surface area contributed by atoms with Crippen molar-refractivity contribution in [2.75, 3.05) is 0 Å². The van der Waals surface area contributed by atoms with E-state index in [4.69, 9.17) is 33.0 Å². The molecule has 2 aromatic rings. The summed E-state index contributed by atoms with van der Waals surface area (Å²) in [5, 5.41) is 9.61. The average Bonchev–Trinajstić information content (AvgIpc) is 2.28. The molecular formula is C12H7Cl2NO3. The van der Waals surface area contributed by atoms with Crippen molar-refractivity contribution in [1.29, 1.82) is 0 Å². The van der Waals surface area contributed by atoms with E-state index < -0.39 is 5.97 Å². The van der Waals surface area contributed by atoms with Crippen LogP contribution in [0.5, 0.6) is 11.6 Å². The highest BCUT2D eigenvalue weighted by Gasteiger charge is 2.05. The SMILES string of the molecule is O=C(O)c1ccc(Oc2cc(Cl)cc(Cl)c2)nc1. The van der Waals surface area contributed by atoms with Crippen LogP contribution in [0.25, 0.3) is 0 Å². The standard InChI is InChI=1S/C12H7Cl2NO3/c13-8-3-9(14)5-10(4-8)18-11-2-1-7(6-15-11)12(16)17/h1-6H,(H,16,17). The summed E-state index contributed by atoms with van der Waals surface area (Å²) in [4.78, 5) is 14.5. The fourth-order valence-electron chi connectivity index (χ4n) is 1.28. The van der Waals surface area contributed by atoms with E-state index in [0.29, 0.717) is 15.8 Å². The molecule has 0 fully saturated rings. The van der Waals surface area contributed by atoms with E-state index in [-0.39, 0.29) is 11.4 Å². The van der Waals surface area contributed by atoms with Crippen molar-refractivity contribution in [3.8, 4) is 11.6 Å². The molecule has 4 nitrogen and oxygen atoms in total. The first-order valence-electron chi connectivity index (χ1n) is 4.88. The Morgan fingerprint density at radius 3 is 2.33 bits per heavy atom. The van der Waals surface area contributed by atoms with Crippen LogP contribution >= 0.6 is 23.2 Å². The number of hydrogen-bond donors (Lipinski definition) is 1. The predicted octanol–water partition coefficient (Wildman–Crippen LogP) is 3.88. The van der Waals surface area contributed by atoms with E-state index in [1.54, 1.807) is 18.2 Å². The van der Waals surface area contributed by atoms with Gasteiger partial charge in [0.2, 0.25) is 5.88 Å². The summed E-state index contributed by atoms with van der Waals surface area (Å²) in [5.74, 6) is -0.346. The quantitative estimate of drug-likeness (QED) is 0.929. The lowest BCUT2D eigenvalue weighted by atomic mass is 10.3. The third kappa shape index (κ3) is 3.12. The summed E-state index contributed by atoms with van der Waals surface area (Å²) >= 11 is 11.6. The third-order valence-electron chi connectivity index (χ3n) is 2.04. The number of carboxylic acids is 1. The summed E-state index contributed by atoms with van der Waals surface area (Å²) in [7, 11) is 0. The molecule has 0 saturated carbocycles. The Hall–Kier alpha value is -1.78. The number of carboxylic acid groups (broad SMARTS) is 1. The van der Waals surface area contributed by atoms with Crippen molar-refractivity contribution in [3.63, 3.8) is 0 Å². The van der Waals surface area contributed by atoms with Crippen molar-refractivity contribution in [2.24, 2.45) is 0 Å². The molecule has 1 aromatic carbocycles. The van der Waals surface area contributed by atoms with Gasteiger partial charge in [0, 0.05) is 22.3 Å². The van der Waals surface area contributed by atoms with Gasteiger partial charge in [0.15, 0.2) is 0 Å². The number of aromatic carboxylic acids is 1. The van der Waals surface area contributed by atoms with Gasteiger partial charge in [-0.3, -0.25) is 0 Å². The first-order chi connectivity index (χ1) is 8.54. The molecule has 0 amide bonds. The molecule has 1 aromatic heterocycles. The van der Waals surface area contributed by atoms with E-state index in [2.05, 4.69) is 4.98 Å². The molecule has 0 saturated heterocycles. The zero-order valence-electron chi connectivity index (χ0n) is 8.93. The van der Waals surface area contributed by atoms with Crippen LogP contribution in [0, 0.1) is 0 Å². The molecule has 18 heavy (non-hydrogen) atoms. The second-order valence-electron chi connectivity index (χ2n) is 3.40. The lowest BCUT2D eigenvalue weighted by Gasteiger charge is -2.05. The van der Waals surface area contributed by atoms with Crippen LogP contribution in [0.1, 0.15) is 10.4 Å². The van der Waals surface area contributed by atoms with Crippen LogP contribution in [0.3, 0.4) is 0 Å². The van der Waals surface area contributed by atoms with Crippen molar-refractivity contribution >= 4 is 29.2 Å². The predicted molar refractivity (Wildman–Crippen MR) is 67.7 cm³/mol. The molecule has 92 valence electrons. The molecule has 0 aliphatic carbocycles.